The molecule has 1 aromatic heterocycles. The number of ether oxygens (including phenoxy) is 1. The number of esters is 1. The average Bonchev–Trinajstić information content (AvgIpc) is 3.46. The number of hydrogen-bond donors (Lipinski definition) is 1. The largest absolute Gasteiger partial charge is 0.454 e. The summed E-state index contributed by atoms with van der Waals surface area (Å²) in [5, 5.41) is 4.61. The summed E-state index contributed by atoms with van der Waals surface area (Å²) >= 11 is 1.35. The minimum Gasteiger partial charge on any atom is -0.454 e. The fourth-order valence-electron chi connectivity index (χ4n) is 3.88. The molecule has 1 aliphatic heterocycles. The van der Waals surface area contributed by atoms with Crippen molar-refractivity contribution in [3.8, 4) is 0 Å². The van der Waals surface area contributed by atoms with Crippen LogP contribution in [0.4, 0.5) is 5.69 Å². The molecule has 1 N–H and O–H groups in total. The van der Waals surface area contributed by atoms with E-state index in [4.69, 9.17) is 4.74 Å². The Labute approximate surface area is 167 Å². The van der Waals surface area contributed by atoms with Crippen molar-refractivity contribution < 1.29 is 19.1 Å². The standard InChI is InChI=1S/C21H22N2O4S/c24-19(22-16-9-8-14-4-1-5-15(14)12-16)13-27-21(26)17-6-2-10-23(17)20(25)18-7-3-11-28-18/h3,7-9,11-12,17H,1-2,4-6,10,13H2,(H,22,24)/t17-/m1/s1. The number of fused-ring (bicyclic) bond motifs is 1. The predicted octanol–water partition coefficient (Wildman–Crippen LogP) is 3.02. The number of amides is 2. The van der Waals surface area contributed by atoms with Gasteiger partial charge in [0.15, 0.2) is 6.61 Å². The fraction of sp³-hybridized carbons (Fsp3) is 0.381. The molecule has 0 bridgehead atoms. The zero-order chi connectivity index (χ0) is 19.5. The number of carbonyl (C=O) groups excluding carboxylic acids is 3. The first-order valence-electron chi connectivity index (χ1n) is 9.54. The SMILES string of the molecule is O=C(COC(=O)[C@H]1CCCN1C(=O)c1cccs1)Nc1ccc2c(c1)CCC2. The van der Waals surface area contributed by atoms with E-state index >= 15 is 0 Å². The molecule has 28 heavy (non-hydrogen) atoms. The molecule has 4 rings (SSSR count). The van der Waals surface area contributed by atoms with Gasteiger partial charge in [-0.15, -0.1) is 11.3 Å². The van der Waals surface area contributed by atoms with Gasteiger partial charge in [-0.2, -0.15) is 0 Å². The lowest BCUT2D eigenvalue weighted by molar-refractivity contribution is -0.151. The van der Waals surface area contributed by atoms with Gasteiger partial charge in [0, 0.05) is 12.2 Å². The van der Waals surface area contributed by atoms with E-state index in [-0.39, 0.29) is 18.4 Å². The molecule has 7 heteroatoms. The van der Waals surface area contributed by atoms with E-state index in [9.17, 15) is 14.4 Å². The Kier molecular flexibility index (Phi) is 5.43. The van der Waals surface area contributed by atoms with Crippen LogP contribution in [0.2, 0.25) is 0 Å². The summed E-state index contributed by atoms with van der Waals surface area (Å²) in [5.41, 5.74) is 3.32. The Morgan fingerprint density at radius 2 is 2.00 bits per heavy atom. The highest BCUT2D eigenvalue weighted by Crippen LogP contribution is 2.25. The number of benzene rings is 1. The highest BCUT2D eigenvalue weighted by Gasteiger charge is 2.36. The number of rotatable bonds is 5. The zero-order valence-electron chi connectivity index (χ0n) is 15.5. The molecular weight excluding hydrogens is 376 g/mol. The summed E-state index contributed by atoms with van der Waals surface area (Å²) in [7, 11) is 0. The van der Waals surface area contributed by atoms with Crippen LogP contribution in [0.3, 0.4) is 0 Å². The third-order valence-corrected chi connectivity index (χ3v) is 6.10. The van der Waals surface area contributed by atoms with Crippen LogP contribution in [-0.2, 0) is 27.2 Å². The van der Waals surface area contributed by atoms with Crippen LogP contribution in [0, 0.1) is 0 Å². The molecule has 146 valence electrons. The van der Waals surface area contributed by atoms with Crippen LogP contribution in [0.1, 0.15) is 40.1 Å². The van der Waals surface area contributed by atoms with E-state index in [2.05, 4.69) is 5.32 Å². The molecule has 1 aromatic carbocycles. The molecule has 1 saturated heterocycles. The third kappa shape index (κ3) is 3.94. The van der Waals surface area contributed by atoms with Gasteiger partial charge in [0.25, 0.3) is 11.8 Å². The first-order chi connectivity index (χ1) is 13.6. The summed E-state index contributed by atoms with van der Waals surface area (Å²) in [6.07, 6.45) is 4.57. The lowest BCUT2D eigenvalue weighted by atomic mass is 10.1. The van der Waals surface area contributed by atoms with Crippen molar-refractivity contribution >= 4 is 34.8 Å². The summed E-state index contributed by atoms with van der Waals surface area (Å²) < 4.78 is 5.21. The Hall–Kier alpha value is -2.67. The number of carbonyl (C=O) groups is 3. The molecule has 1 atom stereocenters. The number of aryl methyl sites for hydroxylation is 2. The van der Waals surface area contributed by atoms with Gasteiger partial charge in [-0.1, -0.05) is 12.1 Å². The second-order valence-corrected chi connectivity index (χ2v) is 8.07. The van der Waals surface area contributed by atoms with Gasteiger partial charge in [-0.3, -0.25) is 9.59 Å². The summed E-state index contributed by atoms with van der Waals surface area (Å²) in [5.74, 6) is -1.05. The number of nitrogens with one attached hydrogen (secondary N) is 1. The Morgan fingerprint density at radius 3 is 2.82 bits per heavy atom. The van der Waals surface area contributed by atoms with Crippen molar-refractivity contribution in [1.82, 2.24) is 4.90 Å². The number of nitrogens with zero attached hydrogens (tertiary/aromatic N) is 1. The van der Waals surface area contributed by atoms with Gasteiger partial charge < -0.3 is 15.0 Å². The molecule has 0 radical (unpaired) electrons. The van der Waals surface area contributed by atoms with Crippen molar-refractivity contribution in [2.24, 2.45) is 0 Å². The van der Waals surface area contributed by atoms with E-state index in [1.807, 2.05) is 29.6 Å². The molecule has 2 amide bonds. The smallest absolute Gasteiger partial charge is 0.329 e. The minimum absolute atomic E-state index is 0.156. The second kappa shape index (κ2) is 8.14. The van der Waals surface area contributed by atoms with Crippen LogP contribution in [-0.4, -0.2) is 41.9 Å². The summed E-state index contributed by atoms with van der Waals surface area (Å²) in [6.45, 7) is 0.172. The van der Waals surface area contributed by atoms with Crippen LogP contribution >= 0.6 is 11.3 Å². The van der Waals surface area contributed by atoms with Gasteiger partial charge in [0.2, 0.25) is 0 Å². The van der Waals surface area contributed by atoms with Gasteiger partial charge in [-0.25, -0.2) is 4.79 Å². The van der Waals surface area contributed by atoms with Crippen LogP contribution in [0.15, 0.2) is 35.7 Å². The van der Waals surface area contributed by atoms with Gasteiger partial charge >= 0.3 is 5.97 Å². The van der Waals surface area contributed by atoms with Crippen molar-refractivity contribution in [2.45, 2.75) is 38.1 Å². The molecule has 1 fully saturated rings. The van der Waals surface area contributed by atoms with E-state index in [0.29, 0.717) is 17.8 Å². The Morgan fingerprint density at radius 1 is 1.14 bits per heavy atom. The number of anilines is 1. The maximum Gasteiger partial charge on any atom is 0.329 e. The predicted molar refractivity (Wildman–Crippen MR) is 106 cm³/mol. The molecule has 0 spiro atoms. The number of hydrogen-bond acceptors (Lipinski definition) is 5. The highest BCUT2D eigenvalue weighted by atomic mass is 32.1. The minimum atomic E-state index is -0.623. The van der Waals surface area contributed by atoms with Crippen molar-refractivity contribution in [1.29, 1.82) is 0 Å². The molecule has 0 unspecified atom stereocenters. The molecule has 0 saturated carbocycles. The van der Waals surface area contributed by atoms with Gasteiger partial charge in [-0.05, 0) is 66.8 Å². The van der Waals surface area contributed by atoms with Crippen molar-refractivity contribution in [3.05, 3.63) is 51.7 Å². The lowest BCUT2D eigenvalue weighted by Gasteiger charge is -2.22. The molecule has 2 heterocycles. The summed E-state index contributed by atoms with van der Waals surface area (Å²) in [4.78, 5) is 39.3. The van der Waals surface area contributed by atoms with Crippen molar-refractivity contribution in [3.63, 3.8) is 0 Å². The fourth-order valence-corrected chi connectivity index (χ4v) is 4.56. The Balaban J connectivity index is 1.31. The van der Waals surface area contributed by atoms with Gasteiger partial charge in [0.05, 0.1) is 4.88 Å². The average molecular weight is 398 g/mol. The monoisotopic (exact) mass is 398 g/mol. The molecule has 6 nitrogen and oxygen atoms in total. The highest BCUT2D eigenvalue weighted by molar-refractivity contribution is 7.12. The first-order valence-corrected chi connectivity index (χ1v) is 10.4. The quantitative estimate of drug-likeness (QED) is 0.786. The number of likely N-dealkylation sites (tertiary alicyclic amines) is 1. The normalized spacial score (nSPS) is 18.0. The van der Waals surface area contributed by atoms with Crippen LogP contribution in [0.5, 0.6) is 0 Å². The first kappa shape index (κ1) is 18.7. The van der Waals surface area contributed by atoms with E-state index < -0.39 is 12.0 Å². The molecule has 2 aliphatic rings. The van der Waals surface area contributed by atoms with E-state index in [1.54, 1.807) is 11.0 Å². The second-order valence-electron chi connectivity index (χ2n) is 7.13. The van der Waals surface area contributed by atoms with E-state index in [1.165, 1.54) is 22.5 Å². The van der Waals surface area contributed by atoms with Crippen LogP contribution < -0.4 is 5.32 Å². The topological polar surface area (TPSA) is 75.7 Å². The maximum absolute atomic E-state index is 12.5. The maximum atomic E-state index is 12.5. The van der Waals surface area contributed by atoms with E-state index in [0.717, 1.165) is 31.4 Å². The third-order valence-electron chi connectivity index (χ3n) is 5.25. The molecule has 1 aliphatic carbocycles. The zero-order valence-corrected chi connectivity index (χ0v) is 16.3. The lowest BCUT2D eigenvalue weighted by Crippen LogP contribution is -2.41. The Bertz CT molecular complexity index is 894. The van der Waals surface area contributed by atoms with Crippen LogP contribution in [0.25, 0.3) is 0 Å². The van der Waals surface area contributed by atoms with Crippen molar-refractivity contribution in [2.75, 3.05) is 18.5 Å². The molecular formula is C21H22N2O4S. The molecule has 2 aromatic rings. The number of thiophene rings is 1. The summed E-state index contributed by atoms with van der Waals surface area (Å²) in [6, 6.07) is 8.84. The van der Waals surface area contributed by atoms with Gasteiger partial charge in [0.1, 0.15) is 6.04 Å².